The van der Waals surface area contributed by atoms with E-state index < -0.39 is 0 Å². The van der Waals surface area contributed by atoms with Crippen LogP contribution in [0.2, 0.25) is 0 Å². The molecule has 4 heteroatoms. The predicted molar refractivity (Wildman–Crippen MR) is 111 cm³/mol. The first-order valence-electron chi connectivity index (χ1n) is 9.88. The molecule has 0 spiro atoms. The van der Waals surface area contributed by atoms with Crippen molar-refractivity contribution < 1.29 is 9.32 Å². The number of hydrogen-bond acceptors (Lipinski definition) is 3. The van der Waals surface area contributed by atoms with E-state index in [4.69, 9.17) is 4.52 Å². The van der Waals surface area contributed by atoms with Crippen molar-refractivity contribution in [2.75, 3.05) is 0 Å². The third-order valence-electron chi connectivity index (χ3n) is 5.23. The Kier molecular flexibility index (Phi) is 6.64. The van der Waals surface area contributed by atoms with Gasteiger partial charge in [0.05, 0.1) is 17.7 Å². The summed E-state index contributed by atoms with van der Waals surface area (Å²) in [4.78, 5) is 13.0. The lowest BCUT2D eigenvalue weighted by Crippen LogP contribution is -2.32. The summed E-state index contributed by atoms with van der Waals surface area (Å²) in [5.41, 5.74) is 4.12. The molecule has 28 heavy (non-hydrogen) atoms. The van der Waals surface area contributed by atoms with Crippen molar-refractivity contribution in [2.45, 2.75) is 52.0 Å². The van der Waals surface area contributed by atoms with Gasteiger partial charge in [-0.25, -0.2) is 0 Å². The highest BCUT2D eigenvalue weighted by atomic mass is 16.5. The minimum Gasteiger partial charge on any atom is -0.361 e. The minimum atomic E-state index is -0.299. The largest absolute Gasteiger partial charge is 0.361 e. The van der Waals surface area contributed by atoms with E-state index in [0.717, 1.165) is 36.1 Å². The van der Waals surface area contributed by atoms with E-state index in [0.29, 0.717) is 5.76 Å². The summed E-state index contributed by atoms with van der Waals surface area (Å²) in [7, 11) is 0. The van der Waals surface area contributed by atoms with E-state index in [1.807, 2.05) is 45.0 Å². The van der Waals surface area contributed by atoms with Gasteiger partial charge in [0.15, 0.2) is 0 Å². The zero-order chi connectivity index (χ0) is 19.9. The van der Waals surface area contributed by atoms with Crippen LogP contribution in [0.15, 0.2) is 65.2 Å². The summed E-state index contributed by atoms with van der Waals surface area (Å²) in [5, 5.41) is 7.24. The van der Waals surface area contributed by atoms with Crippen LogP contribution >= 0.6 is 0 Å². The molecule has 0 saturated heterocycles. The molecule has 0 aliphatic carbocycles. The van der Waals surface area contributed by atoms with Crippen molar-refractivity contribution in [3.63, 3.8) is 0 Å². The van der Waals surface area contributed by atoms with E-state index in [2.05, 4.69) is 46.9 Å². The molecule has 0 saturated carbocycles. The molecule has 0 radical (unpaired) electrons. The van der Waals surface area contributed by atoms with Crippen molar-refractivity contribution in [3.05, 3.63) is 88.8 Å². The van der Waals surface area contributed by atoms with Crippen molar-refractivity contribution >= 4 is 5.91 Å². The van der Waals surface area contributed by atoms with Crippen LogP contribution in [0.3, 0.4) is 0 Å². The van der Waals surface area contributed by atoms with Gasteiger partial charge in [0.2, 0.25) is 5.91 Å². The molecule has 0 fully saturated rings. The van der Waals surface area contributed by atoms with Crippen LogP contribution < -0.4 is 5.32 Å². The Bertz CT molecular complexity index is 868. The summed E-state index contributed by atoms with van der Waals surface area (Å²) in [6.07, 6.45) is 2.89. The van der Waals surface area contributed by atoms with Gasteiger partial charge in [0.1, 0.15) is 5.76 Å². The molecule has 0 aliphatic heterocycles. The maximum Gasteiger partial charge on any atom is 0.227 e. The molecule has 146 valence electrons. The molecular weight excluding hydrogens is 348 g/mol. The van der Waals surface area contributed by atoms with Gasteiger partial charge in [0, 0.05) is 5.56 Å². The monoisotopic (exact) mass is 376 g/mol. The van der Waals surface area contributed by atoms with Crippen molar-refractivity contribution in [2.24, 2.45) is 0 Å². The van der Waals surface area contributed by atoms with Crippen LogP contribution in [0.25, 0.3) is 0 Å². The lowest BCUT2D eigenvalue weighted by atomic mass is 9.95. The Morgan fingerprint density at radius 1 is 1.04 bits per heavy atom. The average molecular weight is 376 g/mol. The number of nitrogens with one attached hydrogen (secondary N) is 1. The number of carbonyl (C=O) groups excluding carboxylic acids is 1. The van der Waals surface area contributed by atoms with Crippen LogP contribution in [0.1, 0.15) is 59.9 Å². The van der Waals surface area contributed by atoms with Gasteiger partial charge in [-0.15, -0.1) is 0 Å². The van der Waals surface area contributed by atoms with Crippen molar-refractivity contribution in [1.82, 2.24) is 10.5 Å². The quantitative estimate of drug-likeness (QED) is 0.582. The zero-order valence-electron chi connectivity index (χ0n) is 16.8. The molecule has 1 aromatic heterocycles. The maximum absolute atomic E-state index is 13.0. The smallest absolute Gasteiger partial charge is 0.227 e. The van der Waals surface area contributed by atoms with Gasteiger partial charge in [-0.2, -0.15) is 0 Å². The fourth-order valence-electron chi connectivity index (χ4n) is 3.70. The summed E-state index contributed by atoms with van der Waals surface area (Å²) in [5.74, 6) is 0.412. The third kappa shape index (κ3) is 4.89. The summed E-state index contributed by atoms with van der Waals surface area (Å²) in [6.45, 7) is 5.64. The molecule has 3 aromatic rings. The highest BCUT2D eigenvalue weighted by Crippen LogP contribution is 2.26. The first-order chi connectivity index (χ1) is 13.6. The second-order valence-electron chi connectivity index (χ2n) is 7.31. The highest BCUT2D eigenvalue weighted by Gasteiger charge is 2.25. The Labute approximate surface area is 167 Å². The van der Waals surface area contributed by atoms with E-state index in [1.54, 1.807) is 0 Å². The minimum absolute atomic E-state index is 0.00274. The lowest BCUT2D eigenvalue weighted by molar-refractivity contribution is -0.123. The van der Waals surface area contributed by atoms with Gasteiger partial charge in [-0.3, -0.25) is 4.79 Å². The second kappa shape index (κ2) is 9.36. The van der Waals surface area contributed by atoms with Gasteiger partial charge < -0.3 is 9.84 Å². The summed E-state index contributed by atoms with van der Waals surface area (Å²) in [6, 6.07) is 20.6. The molecule has 2 atom stereocenters. The SMILES string of the molecule is Cc1noc(C)c1C(C)C(=O)NC(CCCc1ccccc1)c1ccccc1. The number of carbonyl (C=O) groups is 1. The zero-order valence-corrected chi connectivity index (χ0v) is 16.8. The lowest BCUT2D eigenvalue weighted by Gasteiger charge is -2.22. The van der Waals surface area contributed by atoms with Crippen molar-refractivity contribution in [1.29, 1.82) is 0 Å². The van der Waals surface area contributed by atoms with Crippen LogP contribution in [0.4, 0.5) is 0 Å². The number of amides is 1. The Morgan fingerprint density at radius 3 is 2.29 bits per heavy atom. The molecule has 3 rings (SSSR count). The number of aromatic nitrogens is 1. The van der Waals surface area contributed by atoms with E-state index in [1.165, 1.54) is 5.56 Å². The molecule has 4 nitrogen and oxygen atoms in total. The van der Waals surface area contributed by atoms with E-state index >= 15 is 0 Å². The third-order valence-corrected chi connectivity index (χ3v) is 5.23. The number of nitrogens with zero attached hydrogens (tertiary/aromatic N) is 1. The number of benzene rings is 2. The Morgan fingerprint density at radius 2 is 1.68 bits per heavy atom. The van der Waals surface area contributed by atoms with Crippen molar-refractivity contribution in [3.8, 4) is 0 Å². The van der Waals surface area contributed by atoms with Gasteiger partial charge in [0.25, 0.3) is 0 Å². The average Bonchev–Trinajstić information content (AvgIpc) is 3.06. The fraction of sp³-hybridized carbons (Fsp3) is 0.333. The summed E-state index contributed by atoms with van der Waals surface area (Å²) < 4.78 is 5.24. The van der Waals surface area contributed by atoms with Gasteiger partial charge >= 0.3 is 0 Å². The van der Waals surface area contributed by atoms with Gasteiger partial charge in [-0.05, 0) is 51.2 Å². The first kappa shape index (κ1) is 19.9. The van der Waals surface area contributed by atoms with Gasteiger partial charge in [-0.1, -0.05) is 65.8 Å². The van der Waals surface area contributed by atoms with Crippen LogP contribution in [0.5, 0.6) is 0 Å². The maximum atomic E-state index is 13.0. The van der Waals surface area contributed by atoms with Crippen LogP contribution in [0, 0.1) is 13.8 Å². The molecule has 1 heterocycles. The topological polar surface area (TPSA) is 55.1 Å². The Balaban J connectivity index is 1.69. The molecule has 0 bridgehead atoms. The Hall–Kier alpha value is -2.88. The summed E-state index contributed by atoms with van der Waals surface area (Å²) >= 11 is 0. The number of rotatable bonds is 8. The standard InChI is InChI=1S/C24H28N2O2/c1-17(23-18(2)26-28-19(23)3)24(27)25-22(21-14-8-5-9-15-21)16-10-13-20-11-6-4-7-12-20/h4-9,11-12,14-15,17,22H,10,13,16H2,1-3H3,(H,25,27). The molecule has 2 aromatic carbocycles. The van der Waals surface area contributed by atoms with E-state index in [-0.39, 0.29) is 17.9 Å². The van der Waals surface area contributed by atoms with Crippen LogP contribution in [-0.2, 0) is 11.2 Å². The molecule has 1 N–H and O–H groups in total. The molecule has 2 unspecified atom stereocenters. The van der Waals surface area contributed by atoms with Crippen LogP contribution in [-0.4, -0.2) is 11.1 Å². The normalized spacial score (nSPS) is 13.1. The molecule has 0 aliphatic rings. The highest BCUT2D eigenvalue weighted by molar-refractivity contribution is 5.84. The number of aryl methyl sites for hydroxylation is 3. The second-order valence-corrected chi connectivity index (χ2v) is 7.31. The van der Waals surface area contributed by atoms with E-state index in [9.17, 15) is 4.79 Å². The number of hydrogen-bond donors (Lipinski definition) is 1. The molecule has 1 amide bonds. The predicted octanol–water partition coefficient (Wildman–Crippen LogP) is 5.28. The fourth-order valence-corrected chi connectivity index (χ4v) is 3.70. The first-order valence-corrected chi connectivity index (χ1v) is 9.88. The molecular formula is C24H28N2O2.